The first-order chi connectivity index (χ1) is 12.4. The zero-order valence-corrected chi connectivity index (χ0v) is 14.1. The molecule has 0 aliphatic carbocycles. The van der Waals surface area contributed by atoms with Gasteiger partial charge in [0, 0.05) is 24.6 Å². The van der Waals surface area contributed by atoms with Gasteiger partial charge in [0.1, 0.15) is 18.1 Å². The molecule has 4 heterocycles. The summed E-state index contributed by atoms with van der Waals surface area (Å²) in [6, 6.07) is 18.5. The number of H-pyrrole nitrogens is 1. The van der Waals surface area contributed by atoms with Crippen LogP contribution >= 0.6 is 0 Å². The molecule has 4 heteroatoms. The van der Waals surface area contributed by atoms with Crippen LogP contribution in [0.5, 0.6) is 5.75 Å². The van der Waals surface area contributed by atoms with E-state index in [9.17, 15) is 0 Å². The first-order valence-corrected chi connectivity index (χ1v) is 8.99. The molecule has 25 heavy (non-hydrogen) atoms. The Morgan fingerprint density at radius 2 is 1.88 bits per heavy atom. The third-order valence-corrected chi connectivity index (χ3v) is 5.34. The molecule has 0 radical (unpaired) electrons. The van der Waals surface area contributed by atoms with Gasteiger partial charge in [-0.3, -0.25) is 5.10 Å². The number of rotatable bonds is 4. The summed E-state index contributed by atoms with van der Waals surface area (Å²) < 4.78 is 5.99. The van der Waals surface area contributed by atoms with Gasteiger partial charge in [0.05, 0.1) is 11.4 Å². The fraction of sp³-hybridized carbons (Fsp3) is 0.286. The van der Waals surface area contributed by atoms with Crippen LogP contribution in [0.2, 0.25) is 0 Å². The maximum Gasteiger partial charge on any atom is 0.120 e. The van der Waals surface area contributed by atoms with E-state index in [2.05, 4.69) is 39.4 Å². The highest BCUT2D eigenvalue weighted by Gasteiger charge is 2.35. The Balaban J connectivity index is 1.42. The molecule has 2 aromatic carbocycles. The molecule has 3 aliphatic rings. The van der Waals surface area contributed by atoms with Crippen molar-refractivity contribution in [1.29, 1.82) is 0 Å². The normalized spacial score (nSPS) is 16.1. The smallest absolute Gasteiger partial charge is 0.120 e. The molecule has 0 amide bonds. The van der Waals surface area contributed by atoms with E-state index in [4.69, 9.17) is 4.74 Å². The largest absolute Gasteiger partial charge is 0.489 e. The van der Waals surface area contributed by atoms with Crippen molar-refractivity contribution in [2.75, 3.05) is 18.0 Å². The number of hydrogen-bond donors (Lipinski definition) is 1. The van der Waals surface area contributed by atoms with Crippen LogP contribution in [0.15, 0.2) is 54.6 Å². The molecule has 3 aromatic rings. The Bertz CT molecular complexity index is 879. The van der Waals surface area contributed by atoms with Gasteiger partial charge in [-0.15, -0.1) is 0 Å². The van der Waals surface area contributed by atoms with Gasteiger partial charge in [-0.2, -0.15) is 5.10 Å². The summed E-state index contributed by atoms with van der Waals surface area (Å²) in [7, 11) is 0. The summed E-state index contributed by atoms with van der Waals surface area (Å²) in [5, 5.41) is 7.95. The second-order valence-electron chi connectivity index (χ2n) is 6.90. The number of nitrogens with one attached hydrogen (secondary N) is 1. The van der Waals surface area contributed by atoms with E-state index in [0.717, 1.165) is 30.1 Å². The van der Waals surface area contributed by atoms with Crippen LogP contribution in [0.25, 0.3) is 11.3 Å². The Morgan fingerprint density at radius 1 is 1.04 bits per heavy atom. The van der Waals surface area contributed by atoms with E-state index in [1.807, 2.05) is 30.3 Å². The van der Waals surface area contributed by atoms with Crippen molar-refractivity contribution in [2.24, 2.45) is 0 Å². The first kappa shape index (κ1) is 14.6. The molecule has 1 N–H and O–H groups in total. The summed E-state index contributed by atoms with van der Waals surface area (Å²) in [4.78, 5) is 2.48. The molecule has 126 valence electrons. The van der Waals surface area contributed by atoms with Crippen molar-refractivity contribution in [2.45, 2.75) is 25.4 Å². The minimum absolute atomic E-state index is 0.581. The van der Waals surface area contributed by atoms with E-state index in [1.165, 1.54) is 29.8 Å². The van der Waals surface area contributed by atoms with Crippen molar-refractivity contribution in [1.82, 2.24) is 10.2 Å². The molecule has 2 bridgehead atoms. The highest BCUT2D eigenvalue weighted by atomic mass is 16.5. The molecule has 4 nitrogen and oxygen atoms in total. The van der Waals surface area contributed by atoms with Crippen LogP contribution in [0.3, 0.4) is 0 Å². The van der Waals surface area contributed by atoms with Crippen LogP contribution in [0.4, 0.5) is 5.69 Å². The molecule has 1 aromatic heterocycles. The predicted molar refractivity (Wildman–Crippen MR) is 99.0 cm³/mol. The van der Waals surface area contributed by atoms with E-state index in [1.54, 1.807) is 0 Å². The predicted octanol–water partition coefficient (Wildman–Crippen LogP) is 4.35. The summed E-state index contributed by atoms with van der Waals surface area (Å²) in [6.45, 7) is 2.87. The summed E-state index contributed by atoms with van der Waals surface area (Å²) in [6.07, 6.45) is 2.49. The van der Waals surface area contributed by atoms with Crippen LogP contribution in [0.1, 0.15) is 30.0 Å². The van der Waals surface area contributed by atoms with Crippen LogP contribution in [-0.4, -0.2) is 23.3 Å². The summed E-state index contributed by atoms with van der Waals surface area (Å²) in [5.41, 5.74) is 5.99. The second kappa shape index (κ2) is 5.96. The lowest BCUT2D eigenvalue weighted by Gasteiger charge is -2.40. The average Bonchev–Trinajstić information content (AvgIpc) is 3.16. The molecule has 0 unspecified atom stereocenters. The van der Waals surface area contributed by atoms with Crippen molar-refractivity contribution in [3.05, 3.63) is 65.9 Å². The average molecular weight is 331 g/mol. The Hall–Kier alpha value is -2.75. The van der Waals surface area contributed by atoms with Crippen molar-refractivity contribution in [3.8, 4) is 17.0 Å². The van der Waals surface area contributed by atoms with E-state index in [0.29, 0.717) is 12.5 Å². The van der Waals surface area contributed by atoms with Gasteiger partial charge in [0.2, 0.25) is 0 Å². The number of ether oxygens (including phenoxy) is 1. The van der Waals surface area contributed by atoms with Gasteiger partial charge < -0.3 is 9.64 Å². The minimum atomic E-state index is 0.581. The summed E-state index contributed by atoms with van der Waals surface area (Å²) >= 11 is 0. The highest BCUT2D eigenvalue weighted by Crippen LogP contribution is 2.45. The molecular formula is C21H21N3O. The zero-order valence-electron chi connectivity index (χ0n) is 14.1. The standard InChI is InChI=1S/C21H21N3O/c1-2-5-15(6-3-1)14-25-18-8-4-7-17(13-18)20-21-19(22-23-20)16-9-11-24(21)12-10-16/h1-8,13,16H,9-12,14H2,(H,22,23). The van der Waals surface area contributed by atoms with Crippen molar-refractivity contribution < 1.29 is 4.74 Å². The maximum absolute atomic E-state index is 5.99. The zero-order chi connectivity index (χ0) is 16.6. The van der Waals surface area contributed by atoms with Gasteiger partial charge in [-0.25, -0.2) is 0 Å². The van der Waals surface area contributed by atoms with Crippen LogP contribution in [-0.2, 0) is 6.61 Å². The third kappa shape index (κ3) is 2.58. The number of aromatic amines is 1. The van der Waals surface area contributed by atoms with Gasteiger partial charge in [-0.05, 0) is 30.5 Å². The number of benzene rings is 2. The second-order valence-corrected chi connectivity index (χ2v) is 6.90. The lowest BCUT2D eigenvalue weighted by Crippen LogP contribution is -2.38. The fourth-order valence-corrected chi connectivity index (χ4v) is 4.02. The molecule has 6 rings (SSSR count). The van der Waals surface area contributed by atoms with E-state index in [-0.39, 0.29) is 0 Å². The summed E-state index contributed by atoms with van der Waals surface area (Å²) in [5.74, 6) is 1.54. The number of hydrogen-bond acceptors (Lipinski definition) is 3. The number of anilines is 1. The monoisotopic (exact) mass is 331 g/mol. The molecule has 0 atom stereocenters. The van der Waals surface area contributed by atoms with Gasteiger partial charge in [-0.1, -0.05) is 42.5 Å². The lowest BCUT2D eigenvalue weighted by molar-refractivity contribution is 0.306. The lowest BCUT2D eigenvalue weighted by atomic mass is 9.86. The van der Waals surface area contributed by atoms with Crippen LogP contribution < -0.4 is 9.64 Å². The number of piperidine rings is 1. The van der Waals surface area contributed by atoms with Crippen molar-refractivity contribution >= 4 is 5.69 Å². The maximum atomic E-state index is 5.99. The van der Waals surface area contributed by atoms with Gasteiger partial charge in [0.25, 0.3) is 0 Å². The van der Waals surface area contributed by atoms with E-state index < -0.39 is 0 Å². The Labute approximate surface area is 147 Å². The Kier molecular flexibility index (Phi) is 3.47. The quantitative estimate of drug-likeness (QED) is 0.772. The molecule has 0 spiro atoms. The third-order valence-electron chi connectivity index (χ3n) is 5.34. The minimum Gasteiger partial charge on any atom is -0.489 e. The number of fused-ring (bicyclic) bond motifs is 2. The number of aromatic nitrogens is 2. The molecular weight excluding hydrogens is 310 g/mol. The number of nitrogens with zero attached hydrogens (tertiary/aromatic N) is 2. The molecule has 3 aliphatic heterocycles. The van der Waals surface area contributed by atoms with Crippen molar-refractivity contribution in [3.63, 3.8) is 0 Å². The van der Waals surface area contributed by atoms with Gasteiger partial charge in [0.15, 0.2) is 0 Å². The SMILES string of the molecule is c1ccc(COc2cccc(-c3n[nH]c4c3N3CCC4CC3)c2)cc1. The van der Waals surface area contributed by atoms with Gasteiger partial charge >= 0.3 is 0 Å². The first-order valence-electron chi connectivity index (χ1n) is 8.99. The molecule has 1 saturated heterocycles. The fourth-order valence-electron chi connectivity index (χ4n) is 4.02. The highest BCUT2D eigenvalue weighted by molar-refractivity contribution is 5.79. The van der Waals surface area contributed by atoms with E-state index >= 15 is 0 Å². The molecule has 0 saturated carbocycles. The Morgan fingerprint density at radius 3 is 2.72 bits per heavy atom. The topological polar surface area (TPSA) is 41.1 Å². The molecule has 1 fully saturated rings. The van der Waals surface area contributed by atoms with Crippen LogP contribution in [0, 0.1) is 0 Å².